The highest BCUT2D eigenvalue weighted by molar-refractivity contribution is 5.83. The first-order chi connectivity index (χ1) is 10.1. The van der Waals surface area contributed by atoms with E-state index >= 15 is 0 Å². The van der Waals surface area contributed by atoms with Crippen LogP contribution in [0, 0.1) is 15.9 Å². The molecule has 1 aromatic heterocycles. The Morgan fingerprint density at radius 3 is 2.86 bits per heavy atom. The van der Waals surface area contributed by atoms with E-state index in [1.807, 2.05) is 30.5 Å². The van der Waals surface area contributed by atoms with Crippen molar-refractivity contribution in [3.63, 3.8) is 0 Å². The van der Waals surface area contributed by atoms with Crippen molar-refractivity contribution in [3.05, 3.63) is 70.2 Å². The minimum Gasteiger partial charge on any atom is -0.381 e. The summed E-state index contributed by atoms with van der Waals surface area (Å²) < 4.78 is 13.5. The zero-order chi connectivity index (χ0) is 14.8. The Hall–Kier alpha value is -2.89. The van der Waals surface area contributed by atoms with E-state index < -0.39 is 16.4 Å². The number of nitrogens with zero attached hydrogens (tertiary/aromatic N) is 1. The lowest BCUT2D eigenvalue weighted by Gasteiger charge is -2.08. The number of nitro benzene ring substituents is 1. The minimum absolute atomic E-state index is 0.505. The zero-order valence-electron chi connectivity index (χ0n) is 11.0. The fraction of sp³-hybridized carbons (Fsp3) is 0.0667. The summed E-state index contributed by atoms with van der Waals surface area (Å²) in [6, 6.07) is 11.7. The molecule has 5 nitrogen and oxygen atoms in total. The Labute approximate surface area is 119 Å². The van der Waals surface area contributed by atoms with Gasteiger partial charge in [0, 0.05) is 41.5 Å². The predicted molar refractivity (Wildman–Crippen MR) is 78.7 cm³/mol. The summed E-state index contributed by atoms with van der Waals surface area (Å²) in [5.74, 6) is -0.843. The van der Waals surface area contributed by atoms with Crippen LogP contribution < -0.4 is 5.32 Å². The summed E-state index contributed by atoms with van der Waals surface area (Å²) in [5.41, 5.74) is 2.08. The summed E-state index contributed by atoms with van der Waals surface area (Å²) in [5, 5.41) is 14.7. The molecule has 0 aliphatic rings. The highest BCUT2D eigenvalue weighted by Gasteiger charge is 2.13. The predicted octanol–water partition coefficient (Wildman–Crippen LogP) is 3.83. The number of hydrogen-bond donors (Lipinski definition) is 2. The van der Waals surface area contributed by atoms with Crippen molar-refractivity contribution in [1.82, 2.24) is 4.98 Å². The lowest BCUT2D eigenvalue weighted by atomic mass is 10.1. The number of rotatable bonds is 4. The van der Waals surface area contributed by atoms with Gasteiger partial charge in [-0.25, -0.2) is 0 Å². The van der Waals surface area contributed by atoms with Crippen molar-refractivity contribution in [2.24, 2.45) is 0 Å². The van der Waals surface area contributed by atoms with E-state index in [1.165, 1.54) is 6.07 Å². The van der Waals surface area contributed by atoms with E-state index in [4.69, 9.17) is 0 Å². The average molecular weight is 285 g/mol. The van der Waals surface area contributed by atoms with E-state index in [0.717, 1.165) is 28.6 Å². The molecule has 0 spiro atoms. The Morgan fingerprint density at radius 1 is 1.24 bits per heavy atom. The molecule has 3 rings (SSSR count). The quantitative estimate of drug-likeness (QED) is 0.565. The van der Waals surface area contributed by atoms with Gasteiger partial charge in [-0.05, 0) is 23.8 Å². The van der Waals surface area contributed by atoms with Crippen molar-refractivity contribution in [1.29, 1.82) is 0 Å². The largest absolute Gasteiger partial charge is 0.381 e. The van der Waals surface area contributed by atoms with Crippen LogP contribution in [-0.4, -0.2) is 9.91 Å². The molecule has 2 aromatic carbocycles. The fourth-order valence-electron chi connectivity index (χ4n) is 2.27. The number of benzene rings is 2. The monoisotopic (exact) mass is 285 g/mol. The van der Waals surface area contributed by atoms with Crippen LogP contribution >= 0.6 is 0 Å². The van der Waals surface area contributed by atoms with Crippen LogP contribution in [0.5, 0.6) is 0 Å². The molecule has 0 saturated carbocycles. The molecule has 2 N–H and O–H groups in total. The van der Waals surface area contributed by atoms with Gasteiger partial charge in [-0.2, -0.15) is 4.39 Å². The zero-order valence-corrected chi connectivity index (χ0v) is 11.0. The first kappa shape index (κ1) is 13.1. The van der Waals surface area contributed by atoms with Gasteiger partial charge in [0.15, 0.2) is 0 Å². The fourth-order valence-corrected chi connectivity index (χ4v) is 2.27. The number of fused-ring (bicyclic) bond motifs is 1. The Bertz CT molecular complexity index is 814. The first-order valence-corrected chi connectivity index (χ1v) is 6.38. The van der Waals surface area contributed by atoms with Crippen molar-refractivity contribution >= 4 is 22.3 Å². The molecule has 0 unspecified atom stereocenters. The van der Waals surface area contributed by atoms with E-state index in [1.54, 1.807) is 0 Å². The lowest BCUT2D eigenvalue weighted by Crippen LogP contribution is -2.01. The van der Waals surface area contributed by atoms with E-state index in [9.17, 15) is 14.5 Å². The number of anilines is 1. The van der Waals surface area contributed by atoms with Crippen molar-refractivity contribution in [3.8, 4) is 0 Å². The number of aromatic nitrogens is 1. The maximum absolute atomic E-state index is 13.5. The van der Waals surface area contributed by atoms with Gasteiger partial charge in [0.1, 0.15) is 0 Å². The molecule has 21 heavy (non-hydrogen) atoms. The standard InChI is InChI=1S/C15H12FN3O2/c16-13-8-11(4-5-15(13)19(20)21)18-9-10-2-1-3-14-12(10)6-7-17-14/h1-8,17-18H,9H2. The first-order valence-electron chi connectivity index (χ1n) is 6.38. The van der Waals surface area contributed by atoms with Gasteiger partial charge in [0.25, 0.3) is 0 Å². The van der Waals surface area contributed by atoms with Crippen LogP contribution in [0.15, 0.2) is 48.7 Å². The minimum atomic E-state index is -0.843. The molecule has 0 amide bonds. The summed E-state index contributed by atoms with van der Waals surface area (Å²) in [4.78, 5) is 13.0. The van der Waals surface area contributed by atoms with Crippen LogP contribution in [0.1, 0.15) is 5.56 Å². The maximum Gasteiger partial charge on any atom is 0.304 e. The number of H-pyrrole nitrogens is 1. The third-order valence-electron chi connectivity index (χ3n) is 3.31. The molecule has 0 bridgehead atoms. The second-order valence-corrected chi connectivity index (χ2v) is 4.63. The third-order valence-corrected chi connectivity index (χ3v) is 3.31. The summed E-state index contributed by atoms with van der Waals surface area (Å²) >= 11 is 0. The molecule has 0 aliphatic carbocycles. The van der Waals surface area contributed by atoms with Crippen LogP contribution in [-0.2, 0) is 6.54 Å². The van der Waals surface area contributed by atoms with Crippen LogP contribution in [0.2, 0.25) is 0 Å². The molecule has 1 heterocycles. The smallest absolute Gasteiger partial charge is 0.304 e. The van der Waals surface area contributed by atoms with E-state index in [-0.39, 0.29) is 0 Å². The van der Waals surface area contributed by atoms with Gasteiger partial charge in [-0.1, -0.05) is 12.1 Å². The Balaban J connectivity index is 1.80. The molecule has 0 saturated heterocycles. The van der Waals surface area contributed by atoms with Gasteiger partial charge in [-0.15, -0.1) is 0 Å². The van der Waals surface area contributed by atoms with Gasteiger partial charge in [0.05, 0.1) is 4.92 Å². The highest BCUT2D eigenvalue weighted by atomic mass is 19.1. The van der Waals surface area contributed by atoms with Gasteiger partial charge >= 0.3 is 5.69 Å². The van der Waals surface area contributed by atoms with E-state index in [2.05, 4.69) is 10.3 Å². The van der Waals surface area contributed by atoms with Gasteiger partial charge in [0.2, 0.25) is 5.82 Å². The van der Waals surface area contributed by atoms with Crippen molar-refractivity contribution in [2.45, 2.75) is 6.54 Å². The molecular formula is C15H12FN3O2. The molecule has 0 aliphatic heterocycles. The number of nitro groups is 1. The summed E-state index contributed by atoms with van der Waals surface area (Å²) in [6.45, 7) is 0.506. The lowest BCUT2D eigenvalue weighted by molar-refractivity contribution is -0.387. The van der Waals surface area contributed by atoms with Gasteiger partial charge in [-0.3, -0.25) is 10.1 Å². The molecule has 0 atom stereocenters. The number of aromatic amines is 1. The number of nitrogens with one attached hydrogen (secondary N) is 2. The SMILES string of the molecule is O=[N+]([O-])c1ccc(NCc2cccc3[nH]ccc23)cc1F. The van der Waals surface area contributed by atoms with Crippen molar-refractivity contribution in [2.75, 3.05) is 5.32 Å². The average Bonchev–Trinajstić information content (AvgIpc) is 2.93. The summed E-state index contributed by atoms with van der Waals surface area (Å²) in [6.07, 6.45) is 1.86. The molecule has 0 fully saturated rings. The maximum atomic E-state index is 13.5. The third kappa shape index (κ3) is 2.55. The highest BCUT2D eigenvalue weighted by Crippen LogP contribution is 2.22. The van der Waals surface area contributed by atoms with E-state index in [0.29, 0.717) is 12.2 Å². The van der Waals surface area contributed by atoms with Crippen molar-refractivity contribution < 1.29 is 9.31 Å². The second-order valence-electron chi connectivity index (χ2n) is 4.63. The Morgan fingerprint density at radius 2 is 2.10 bits per heavy atom. The molecule has 3 aromatic rings. The van der Waals surface area contributed by atoms with Crippen LogP contribution in [0.3, 0.4) is 0 Å². The number of hydrogen-bond acceptors (Lipinski definition) is 3. The molecule has 0 radical (unpaired) electrons. The van der Waals surface area contributed by atoms with Crippen LogP contribution in [0.25, 0.3) is 10.9 Å². The number of halogens is 1. The topological polar surface area (TPSA) is 71.0 Å². The van der Waals surface area contributed by atoms with Crippen LogP contribution in [0.4, 0.5) is 15.8 Å². The molecular weight excluding hydrogens is 273 g/mol. The molecule has 106 valence electrons. The molecule has 6 heteroatoms. The second kappa shape index (κ2) is 5.24. The summed E-state index contributed by atoms with van der Waals surface area (Å²) in [7, 11) is 0. The normalized spacial score (nSPS) is 10.7. The Kier molecular flexibility index (Phi) is 3.27. The van der Waals surface area contributed by atoms with Gasteiger partial charge < -0.3 is 10.3 Å².